The molecule has 0 aliphatic heterocycles. The van der Waals surface area contributed by atoms with Gasteiger partial charge in [-0.15, -0.1) is 0 Å². The predicted molar refractivity (Wildman–Crippen MR) is 61.7 cm³/mol. The van der Waals surface area contributed by atoms with Crippen LogP contribution in [0.5, 0.6) is 0 Å². The number of nitrogens with one attached hydrogen (secondary N) is 1. The zero-order valence-electron chi connectivity index (χ0n) is 9.91. The molecule has 1 atom stereocenters. The van der Waals surface area contributed by atoms with Crippen molar-refractivity contribution in [3.05, 3.63) is 29.6 Å². The summed E-state index contributed by atoms with van der Waals surface area (Å²) in [7, 11) is 0. The van der Waals surface area contributed by atoms with Crippen molar-refractivity contribution < 1.29 is 5.11 Å². The largest absolute Gasteiger partial charge is 0.387 e. The van der Waals surface area contributed by atoms with Gasteiger partial charge in [-0.3, -0.25) is 4.98 Å². The van der Waals surface area contributed by atoms with E-state index in [1.54, 1.807) is 12.4 Å². The molecule has 15 heavy (non-hydrogen) atoms. The standard InChI is InChI=1S/C12H20N2O/c1-9-7-13-6-5-10(9)11(15)8-14-12(2,3)4/h5-7,11,14-15H,8H2,1-4H3/t11-/m0/s1. The van der Waals surface area contributed by atoms with Gasteiger partial charge in [0.1, 0.15) is 0 Å². The fourth-order valence-electron chi connectivity index (χ4n) is 1.37. The summed E-state index contributed by atoms with van der Waals surface area (Å²) in [6, 6.07) is 1.87. The second-order valence-corrected chi connectivity index (χ2v) is 4.88. The Morgan fingerprint density at radius 1 is 1.47 bits per heavy atom. The van der Waals surface area contributed by atoms with Crippen LogP contribution in [0, 0.1) is 6.92 Å². The summed E-state index contributed by atoms with van der Waals surface area (Å²) in [5, 5.41) is 13.3. The molecule has 0 amide bonds. The maximum absolute atomic E-state index is 9.97. The van der Waals surface area contributed by atoms with E-state index in [-0.39, 0.29) is 5.54 Å². The first-order chi connectivity index (χ1) is 6.90. The van der Waals surface area contributed by atoms with E-state index in [4.69, 9.17) is 0 Å². The first-order valence-corrected chi connectivity index (χ1v) is 5.24. The molecule has 0 aliphatic rings. The Labute approximate surface area is 91.5 Å². The van der Waals surface area contributed by atoms with Crippen molar-refractivity contribution in [1.82, 2.24) is 10.3 Å². The van der Waals surface area contributed by atoms with Crippen LogP contribution in [0.25, 0.3) is 0 Å². The summed E-state index contributed by atoms with van der Waals surface area (Å²) in [4.78, 5) is 4.00. The smallest absolute Gasteiger partial charge is 0.0918 e. The summed E-state index contributed by atoms with van der Waals surface area (Å²) in [6.45, 7) is 8.77. The molecule has 0 aromatic carbocycles. The summed E-state index contributed by atoms with van der Waals surface area (Å²) in [6.07, 6.45) is 3.02. The van der Waals surface area contributed by atoms with E-state index in [2.05, 4.69) is 31.1 Å². The van der Waals surface area contributed by atoms with Crippen LogP contribution in [0.15, 0.2) is 18.5 Å². The molecule has 0 aliphatic carbocycles. The number of aliphatic hydroxyl groups is 1. The zero-order valence-corrected chi connectivity index (χ0v) is 9.91. The van der Waals surface area contributed by atoms with E-state index < -0.39 is 6.10 Å². The second kappa shape index (κ2) is 4.73. The Morgan fingerprint density at radius 3 is 2.67 bits per heavy atom. The molecule has 1 aromatic heterocycles. The van der Waals surface area contributed by atoms with Crippen LogP contribution in [-0.2, 0) is 0 Å². The van der Waals surface area contributed by atoms with Crippen LogP contribution in [-0.4, -0.2) is 22.2 Å². The molecule has 0 fully saturated rings. The highest BCUT2D eigenvalue weighted by Crippen LogP contribution is 2.16. The summed E-state index contributed by atoms with van der Waals surface area (Å²) in [5.74, 6) is 0. The van der Waals surface area contributed by atoms with E-state index in [0.29, 0.717) is 6.54 Å². The molecule has 0 saturated carbocycles. The van der Waals surface area contributed by atoms with Gasteiger partial charge in [-0.05, 0) is 44.9 Å². The molecule has 2 N–H and O–H groups in total. The lowest BCUT2D eigenvalue weighted by Gasteiger charge is -2.23. The van der Waals surface area contributed by atoms with Crippen LogP contribution < -0.4 is 5.32 Å². The molecular weight excluding hydrogens is 188 g/mol. The SMILES string of the molecule is Cc1cnccc1[C@@H](O)CNC(C)(C)C. The predicted octanol–water partition coefficient (Wildman–Crippen LogP) is 1.81. The van der Waals surface area contributed by atoms with E-state index in [1.807, 2.05) is 13.0 Å². The lowest BCUT2D eigenvalue weighted by atomic mass is 10.0. The molecular formula is C12H20N2O. The van der Waals surface area contributed by atoms with Crippen molar-refractivity contribution in [3.63, 3.8) is 0 Å². The van der Waals surface area contributed by atoms with Crippen LogP contribution in [0.1, 0.15) is 38.0 Å². The molecule has 3 nitrogen and oxygen atoms in total. The van der Waals surface area contributed by atoms with Gasteiger partial charge in [-0.2, -0.15) is 0 Å². The number of pyridine rings is 1. The molecule has 3 heteroatoms. The van der Waals surface area contributed by atoms with Crippen molar-refractivity contribution in [2.45, 2.75) is 39.3 Å². The molecule has 0 radical (unpaired) electrons. The maximum Gasteiger partial charge on any atom is 0.0918 e. The number of aromatic nitrogens is 1. The van der Waals surface area contributed by atoms with Crippen molar-refractivity contribution in [2.24, 2.45) is 0 Å². The molecule has 84 valence electrons. The normalized spacial score (nSPS) is 13.9. The topological polar surface area (TPSA) is 45.2 Å². The zero-order chi connectivity index (χ0) is 11.5. The number of aliphatic hydroxyl groups excluding tert-OH is 1. The summed E-state index contributed by atoms with van der Waals surface area (Å²) >= 11 is 0. The first kappa shape index (κ1) is 12.1. The van der Waals surface area contributed by atoms with Crippen molar-refractivity contribution in [2.75, 3.05) is 6.54 Å². The van der Waals surface area contributed by atoms with Crippen molar-refractivity contribution in [1.29, 1.82) is 0 Å². The fraction of sp³-hybridized carbons (Fsp3) is 0.583. The minimum atomic E-state index is -0.466. The lowest BCUT2D eigenvalue weighted by molar-refractivity contribution is 0.162. The van der Waals surface area contributed by atoms with Gasteiger partial charge in [0.2, 0.25) is 0 Å². The first-order valence-electron chi connectivity index (χ1n) is 5.24. The monoisotopic (exact) mass is 208 g/mol. The average Bonchev–Trinajstić information content (AvgIpc) is 2.14. The van der Waals surface area contributed by atoms with Gasteiger partial charge in [0.15, 0.2) is 0 Å². The number of aryl methyl sites for hydroxylation is 1. The second-order valence-electron chi connectivity index (χ2n) is 4.88. The minimum absolute atomic E-state index is 0.0297. The average molecular weight is 208 g/mol. The third kappa shape index (κ3) is 3.98. The number of nitrogens with zero attached hydrogens (tertiary/aromatic N) is 1. The molecule has 0 spiro atoms. The Hall–Kier alpha value is -0.930. The Bertz CT molecular complexity index is 318. The third-order valence-electron chi connectivity index (χ3n) is 2.25. The molecule has 1 aromatic rings. The van der Waals surface area contributed by atoms with Crippen molar-refractivity contribution in [3.8, 4) is 0 Å². The van der Waals surface area contributed by atoms with Gasteiger partial charge in [0, 0.05) is 24.5 Å². The molecule has 0 unspecified atom stereocenters. The van der Waals surface area contributed by atoms with Crippen LogP contribution >= 0.6 is 0 Å². The maximum atomic E-state index is 9.97. The third-order valence-corrected chi connectivity index (χ3v) is 2.25. The summed E-state index contributed by atoms with van der Waals surface area (Å²) in [5.41, 5.74) is 2.00. The fourth-order valence-corrected chi connectivity index (χ4v) is 1.37. The minimum Gasteiger partial charge on any atom is -0.387 e. The molecule has 1 heterocycles. The van der Waals surface area contributed by atoms with Gasteiger partial charge >= 0.3 is 0 Å². The van der Waals surface area contributed by atoms with E-state index in [0.717, 1.165) is 11.1 Å². The molecule has 1 rings (SSSR count). The van der Waals surface area contributed by atoms with Crippen LogP contribution in [0.3, 0.4) is 0 Å². The van der Waals surface area contributed by atoms with Gasteiger partial charge in [-0.1, -0.05) is 0 Å². The summed E-state index contributed by atoms with van der Waals surface area (Å²) < 4.78 is 0. The van der Waals surface area contributed by atoms with Gasteiger partial charge in [0.05, 0.1) is 6.10 Å². The van der Waals surface area contributed by atoms with Gasteiger partial charge in [-0.25, -0.2) is 0 Å². The van der Waals surface area contributed by atoms with E-state index in [1.165, 1.54) is 0 Å². The van der Waals surface area contributed by atoms with E-state index in [9.17, 15) is 5.11 Å². The Morgan fingerprint density at radius 2 is 2.13 bits per heavy atom. The van der Waals surface area contributed by atoms with Gasteiger partial charge in [0.25, 0.3) is 0 Å². The number of β-amino-alcohol motifs (C(OH)–C–C–N with tert-alkyl or cyclic N) is 1. The number of hydrogen-bond donors (Lipinski definition) is 2. The van der Waals surface area contributed by atoms with E-state index >= 15 is 0 Å². The van der Waals surface area contributed by atoms with Crippen molar-refractivity contribution >= 4 is 0 Å². The van der Waals surface area contributed by atoms with Gasteiger partial charge < -0.3 is 10.4 Å². The highest BCUT2D eigenvalue weighted by molar-refractivity contribution is 5.24. The number of hydrogen-bond acceptors (Lipinski definition) is 3. The number of rotatable bonds is 3. The highest BCUT2D eigenvalue weighted by atomic mass is 16.3. The van der Waals surface area contributed by atoms with Crippen LogP contribution in [0.4, 0.5) is 0 Å². The quantitative estimate of drug-likeness (QED) is 0.796. The van der Waals surface area contributed by atoms with Crippen LogP contribution in [0.2, 0.25) is 0 Å². The Balaban J connectivity index is 2.62. The molecule has 0 saturated heterocycles. The Kier molecular flexibility index (Phi) is 3.83. The highest BCUT2D eigenvalue weighted by Gasteiger charge is 2.14. The lowest BCUT2D eigenvalue weighted by Crippen LogP contribution is -2.38. The molecule has 0 bridgehead atoms.